The van der Waals surface area contributed by atoms with Gasteiger partial charge in [0.1, 0.15) is 11.6 Å². The fraction of sp³-hybridized carbons (Fsp3) is 0.261. The van der Waals surface area contributed by atoms with Gasteiger partial charge in [0.15, 0.2) is 0 Å². The number of hydrogen-bond acceptors (Lipinski definition) is 5. The highest BCUT2D eigenvalue weighted by Gasteiger charge is 2.23. The van der Waals surface area contributed by atoms with Crippen molar-refractivity contribution in [3.8, 4) is 0 Å². The molecule has 3 aromatic rings. The number of hydrogen-bond donors (Lipinski definition) is 1. The second-order valence-electron chi connectivity index (χ2n) is 7.47. The van der Waals surface area contributed by atoms with E-state index in [-0.39, 0.29) is 5.91 Å². The van der Waals surface area contributed by atoms with Crippen molar-refractivity contribution in [3.63, 3.8) is 0 Å². The van der Waals surface area contributed by atoms with Crippen molar-refractivity contribution in [3.05, 3.63) is 77.2 Å². The van der Waals surface area contributed by atoms with Crippen LogP contribution in [-0.4, -0.2) is 47.0 Å². The van der Waals surface area contributed by atoms with Crippen LogP contribution in [0.15, 0.2) is 54.6 Å². The van der Waals surface area contributed by atoms with Crippen LogP contribution in [0.1, 0.15) is 21.6 Å². The summed E-state index contributed by atoms with van der Waals surface area (Å²) in [7, 11) is 0. The van der Waals surface area contributed by atoms with Crippen LogP contribution in [0.3, 0.4) is 0 Å². The fourth-order valence-corrected chi connectivity index (χ4v) is 3.48. The number of carbonyl (C=O) groups excluding carboxylic acids is 1. The van der Waals surface area contributed by atoms with E-state index in [0.29, 0.717) is 37.7 Å². The second-order valence-corrected chi connectivity index (χ2v) is 7.47. The maximum Gasteiger partial charge on any atom is 0.254 e. The summed E-state index contributed by atoms with van der Waals surface area (Å²) in [6.07, 6.45) is 0. The van der Waals surface area contributed by atoms with Gasteiger partial charge < -0.3 is 15.1 Å². The first-order chi connectivity index (χ1) is 14.5. The standard InChI is InChI=1S/C23H24FN5O/c1-16-6-8-20(9-7-16)26-23-25-17(2)14-21(27-23)28-10-12-29(13-11-28)22(30)18-4-3-5-19(24)15-18/h3-9,14-15H,10-13H2,1-2H3,(H,25,26,27). The van der Waals surface area contributed by atoms with Gasteiger partial charge in [0.25, 0.3) is 5.91 Å². The van der Waals surface area contributed by atoms with Gasteiger partial charge in [0, 0.05) is 49.2 Å². The molecular formula is C23H24FN5O. The molecule has 1 aliphatic heterocycles. The van der Waals surface area contributed by atoms with E-state index in [0.717, 1.165) is 17.2 Å². The van der Waals surface area contributed by atoms with Crippen LogP contribution in [0.2, 0.25) is 0 Å². The number of rotatable bonds is 4. The number of halogens is 1. The van der Waals surface area contributed by atoms with Crippen molar-refractivity contribution < 1.29 is 9.18 Å². The Morgan fingerprint density at radius 3 is 2.40 bits per heavy atom. The third-order valence-corrected chi connectivity index (χ3v) is 5.11. The molecule has 1 amide bonds. The summed E-state index contributed by atoms with van der Waals surface area (Å²) in [6.45, 7) is 6.40. The summed E-state index contributed by atoms with van der Waals surface area (Å²) in [5.41, 5.74) is 3.37. The number of aromatic nitrogens is 2. The Labute approximate surface area is 175 Å². The van der Waals surface area contributed by atoms with E-state index < -0.39 is 5.82 Å². The molecule has 0 aliphatic carbocycles. The largest absolute Gasteiger partial charge is 0.353 e. The van der Waals surface area contributed by atoms with Crippen molar-refractivity contribution in [2.75, 3.05) is 36.4 Å². The zero-order chi connectivity index (χ0) is 21.1. The molecule has 154 valence electrons. The van der Waals surface area contributed by atoms with Crippen LogP contribution < -0.4 is 10.2 Å². The summed E-state index contributed by atoms with van der Waals surface area (Å²) in [4.78, 5) is 25.7. The SMILES string of the molecule is Cc1ccc(Nc2nc(C)cc(N3CCN(C(=O)c4cccc(F)c4)CC3)n2)cc1. The fourth-order valence-electron chi connectivity index (χ4n) is 3.48. The highest BCUT2D eigenvalue weighted by atomic mass is 19.1. The molecule has 0 saturated carbocycles. The molecule has 30 heavy (non-hydrogen) atoms. The van der Waals surface area contributed by atoms with Gasteiger partial charge in [-0.15, -0.1) is 0 Å². The van der Waals surface area contributed by atoms with E-state index >= 15 is 0 Å². The van der Waals surface area contributed by atoms with Gasteiger partial charge in [-0.3, -0.25) is 4.79 Å². The molecule has 1 aromatic heterocycles. The molecule has 0 bridgehead atoms. The van der Waals surface area contributed by atoms with Crippen molar-refractivity contribution >= 4 is 23.4 Å². The number of nitrogens with zero attached hydrogens (tertiary/aromatic N) is 4. The first-order valence-corrected chi connectivity index (χ1v) is 9.97. The van der Waals surface area contributed by atoms with Crippen LogP contribution in [0.5, 0.6) is 0 Å². The van der Waals surface area contributed by atoms with Crippen LogP contribution in [-0.2, 0) is 0 Å². The highest BCUT2D eigenvalue weighted by Crippen LogP contribution is 2.20. The van der Waals surface area contributed by atoms with Crippen molar-refractivity contribution in [1.29, 1.82) is 0 Å². The minimum Gasteiger partial charge on any atom is -0.353 e. The Hall–Kier alpha value is -3.48. The molecule has 2 heterocycles. The van der Waals surface area contributed by atoms with Crippen LogP contribution in [0, 0.1) is 19.7 Å². The van der Waals surface area contributed by atoms with E-state index in [4.69, 9.17) is 0 Å². The lowest BCUT2D eigenvalue weighted by Crippen LogP contribution is -2.49. The van der Waals surface area contributed by atoms with E-state index in [9.17, 15) is 9.18 Å². The Morgan fingerprint density at radius 2 is 1.70 bits per heavy atom. The monoisotopic (exact) mass is 405 g/mol. The first kappa shape index (κ1) is 19.8. The molecule has 7 heteroatoms. The second kappa shape index (κ2) is 8.49. The van der Waals surface area contributed by atoms with Crippen LogP contribution in [0.25, 0.3) is 0 Å². The normalized spacial score (nSPS) is 14.0. The van der Waals surface area contributed by atoms with Gasteiger partial charge in [0.2, 0.25) is 5.95 Å². The topological polar surface area (TPSA) is 61.4 Å². The molecular weight excluding hydrogens is 381 g/mol. The number of benzene rings is 2. The van der Waals surface area contributed by atoms with E-state index in [1.165, 1.54) is 17.7 Å². The van der Waals surface area contributed by atoms with Gasteiger partial charge >= 0.3 is 0 Å². The van der Waals surface area contributed by atoms with Crippen molar-refractivity contribution in [2.24, 2.45) is 0 Å². The summed E-state index contributed by atoms with van der Waals surface area (Å²) in [6, 6.07) is 15.8. The lowest BCUT2D eigenvalue weighted by atomic mass is 10.1. The van der Waals surface area contributed by atoms with Crippen LogP contribution >= 0.6 is 0 Å². The zero-order valence-corrected chi connectivity index (χ0v) is 17.1. The maximum atomic E-state index is 13.4. The predicted octanol–water partition coefficient (Wildman–Crippen LogP) is 3.94. The van der Waals surface area contributed by atoms with E-state index in [1.807, 2.05) is 44.2 Å². The minimum atomic E-state index is -0.399. The number of amides is 1. The smallest absolute Gasteiger partial charge is 0.254 e. The Kier molecular flexibility index (Phi) is 5.61. The van der Waals surface area contributed by atoms with Crippen molar-refractivity contribution in [1.82, 2.24) is 14.9 Å². The molecule has 4 rings (SSSR count). The third-order valence-electron chi connectivity index (χ3n) is 5.11. The first-order valence-electron chi connectivity index (χ1n) is 9.97. The molecule has 1 N–H and O–H groups in total. The minimum absolute atomic E-state index is 0.144. The molecule has 1 saturated heterocycles. The van der Waals surface area contributed by atoms with E-state index in [2.05, 4.69) is 20.2 Å². The quantitative estimate of drug-likeness (QED) is 0.713. The Morgan fingerprint density at radius 1 is 0.967 bits per heavy atom. The Bertz CT molecular complexity index is 1050. The van der Waals surface area contributed by atoms with Gasteiger partial charge in [0.05, 0.1) is 0 Å². The number of nitrogens with one attached hydrogen (secondary N) is 1. The number of carbonyl (C=O) groups is 1. The third kappa shape index (κ3) is 4.56. The van der Waals surface area contributed by atoms with Crippen molar-refractivity contribution in [2.45, 2.75) is 13.8 Å². The summed E-state index contributed by atoms with van der Waals surface area (Å²) in [5.74, 6) is 0.835. The molecule has 0 spiro atoms. The highest BCUT2D eigenvalue weighted by molar-refractivity contribution is 5.94. The molecule has 0 atom stereocenters. The number of piperazine rings is 1. The predicted molar refractivity (Wildman–Crippen MR) is 116 cm³/mol. The lowest BCUT2D eigenvalue weighted by Gasteiger charge is -2.35. The maximum absolute atomic E-state index is 13.4. The molecule has 1 aliphatic rings. The average molecular weight is 405 g/mol. The van der Waals surface area contributed by atoms with Crippen LogP contribution in [0.4, 0.5) is 21.8 Å². The molecule has 0 unspecified atom stereocenters. The zero-order valence-electron chi connectivity index (χ0n) is 17.1. The Balaban J connectivity index is 1.43. The molecule has 6 nitrogen and oxygen atoms in total. The van der Waals surface area contributed by atoms with E-state index in [1.54, 1.807) is 17.0 Å². The van der Waals surface area contributed by atoms with Gasteiger partial charge in [-0.05, 0) is 44.2 Å². The van der Waals surface area contributed by atoms with Gasteiger partial charge in [-0.2, -0.15) is 4.98 Å². The molecule has 0 radical (unpaired) electrons. The van der Waals surface area contributed by atoms with Gasteiger partial charge in [-0.1, -0.05) is 23.8 Å². The number of aryl methyl sites for hydroxylation is 2. The van der Waals surface area contributed by atoms with Gasteiger partial charge in [-0.25, -0.2) is 9.37 Å². The molecule has 2 aromatic carbocycles. The molecule has 1 fully saturated rings. The lowest BCUT2D eigenvalue weighted by molar-refractivity contribution is 0.0746. The summed E-state index contributed by atoms with van der Waals surface area (Å²) >= 11 is 0. The number of anilines is 3. The average Bonchev–Trinajstić information content (AvgIpc) is 2.74. The summed E-state index contributed by atoms with van der Waals surface area (Å²) < 4.78 is 13.4. The summed E-state index contributed by atoms with van der Waals surface area (Å²) in [5, 5.41) is 3.26.